The molecule has 1 heterocycles. The van der Waals surface area contributed by atoms with Crippen LogP contribution in [0, 0.1) is 11.3 Å². The average Bonchev–Trinajstić information content (AvgIpc) is 2.66. The zero-order chi connectivity index (χ0) is 10.8. The number of hydrogen-bond acceptors (Lipinski definition) is 3. The van der Waals surface area contributed by atoms with Gasteiger partial charge >= 0.3 is 0 Å². The molecule has 0 radical (unpaired) electrons. The molecule has 0 bridgehead atoms. The number of nitrogens with zero attached hydrogens (tertiary/aromatic N) is 2. The molecule has 1 aromatic carbocycles. The zero-order valence-electron chi connectivity index (χ0n) is 8.90. The first-order valence-corrected chi connectivity index (χ1v) is 5.31. The van der Waals surface area contributed by atoms with Crippen molar-refractivity contribution < 1.29 is 0 Å². The Hall–Kier alpha value is -1.69. The van der Waals surface area contributed by atoms with E-state index in [1.165, 1.54) is 5.56 Å². The highest BCUT2D eigenvalue weighted by Gasteiger charge is 2.26. The van der Waals surface area contributed by atoms with Gasteiger partial charge in [0, 0.05) is 6.54 Å². The molecule has 0 aromatic heterocycles. The lowest BCUT2D eigenvalue weighted by Gasteiger charge is -2.25. The lowest BCUT2D eigenvalue weighted by molar-refractivity contribution is 0.698. The maximum Gasteiger partial charge on any atom is 0.116 e. The Morgan fingerprint density at radius 1 is 1.60 bits per heavy atom. The van der Waals surface area contributed by atoms with Crippen LogP contribution in [0.4, 0.5) is 11.4 Å². The number of para-hydroxylation sites is 1. The summed E-state index contributed by atoms with van der Waals surface area (Å²) in [5.74, 6) is 0. The average molecular weight is 201 g/mol. The third kappa shape index (κ3) is 1.52. The first kappa shape index (κ1) is 9.85. The van der Waals surface area contributed by atoms with E-state index in [1.807, 2.05) is 19.1 Å². The molecular weight excluding hydrogens is 186 g/mol. The largest absolute Gasteiger partial charge is 0.397 e. The Labute approximate surface area is 90.1 Å². The standard InChI is InChI=1S/C12H15N3/c1-2-10(8-13)15-7-6-9-4-3-5-11(14)12(9)15/h3-5,10H,2,6-7,14H2,1H3. The maximum absolute atomic E-state index is 9.07. The molecule has 1 aromatic rings. The highest BCUT2D eigenvalue weighted by Crippen LogP contribution is 2.35. The molecule has 15 heavy (non-hydrogen) atoms. The molecule has 2 rings (SSSR count). The molecule has 1 atom stereocenters. The Bertz CT molecular complexity index is 406. The highest BCUT2D eigenvalue weighted by molar-refractivity contribution is 5.75. The van der Waals surface area contributed by atoms with Crippen molar-refractivity contribution in [1.82, 2.24) is 0 Å². The van der Waals surface area contributed by atoms with E-state index in [0.29, 0.717) is 0 Å². The van der Waals surface area contributed by atoms with Crippen LogP contribution in [0.3, 0.4) is 0 Å². The first-order chi connectivity index (χ1) is 7.27. The Balaban J connectivity index is 2.40. The second-order valence-electron chi connectivity index (χ2n) is 3.85. The maximum atomic E-state index is 9.07. The Morgan fingerprint density at radius 2 is 2.40 bits per heavy atom. The van der Waals surface area contributed by atoms with Crippen LogP contribution in [0.2, 0.25) is 0 Å². The van der Waals surface area contributed by atoms with Gasteiger partial charge < -0.3 is 10.6 Å². The van der Waals surface area contributed by atoms with Crippen molar-refractivity contribution in [3.63, 3.8) is 0 Å². The molecule has 0 saturated heterocycles. The SMILES string of the molecule is CCC(C#N)N1CCc2cccc(N)c21. The van der Waals surface area contributed by atoms with E-state index in [4.69, 9.17) is 11.0 Å². The first-order valence-electron chi connectivity index (χ1n) is 5.31. The minimum Gasteiger partial charge on any atom is -0.397 e. The molecule has 1 unspecified atom stereocenters. The van der Waals surface area contributed by atoms with Gasteiger partial charge in [-0.05, 0) is 24.5 Å². The number of anilines is 2. The number of hydrogen-bond donors (Lipinski definition) is 1. The van der Waals surface area contributed by atoms with Gasteiger partial charge in [0.05, 0.1) is 17.4 Å². The molecule has 0 fully saturated rings. The Kier molecular flexibility index (Phi) is 2.51. The highest BCUT2D eigenvalue weighted by atomic mass is 15.2. The van der Waals surface area contributed by atoms with E-state index in [9.17, 15) is 0 Å². The van der Waals surface area contributed by atoms with Crippen molar-refractivity contribution in [2.45, 2.75) is 25.8 Å². The van der Waals surface area contributed by atoms with Crippen LogP contribution >= 0.6 is 0 Å². The summed E-state index contributed by atoms with van der Waals surface area (Å²) in [5, 5.41) is 9.07. The van der Waals surface area contributed by atoms with Gasteiger partial charge in [-0.2, -0.15) is 5.26 Å². The summed E-state index contributed by atoms with van der Waals surface area (Å²) in [6, 6.07) is 8.26. The quantitative estimate of drug-likeness (QED) is 0.744. The summed E-state index contributed by atoms with van der Waals surface area (Å²) in [6.45, 7) is 2.95. The zero-order valence-corrected chi connectivity index (χ0v) is 8.90. The van der Waals surface area contributed by atoms with E-state index < -0.39 is 0 Å². The van der Waals surface area contributed by atoms with Crippen LogP contribution < -0.4 is 10.6 Å². The van der Waals surface area contributed by atoms with Gasteiger partial charge in [0.1, 0.15) is 6.04 Å². The Morgan fingerprint density at radius 3 is 3.07 bits per heavy atom. The van der Waals surface area contributed by atoms with Crippen molar-refractivity contribution in [3.8, 4) is 6.07 Å². The van der Waals surface area contributed by atoms with Gasteiger partial charge in [-0.3, -0.25) is 0 Å². The minimum atomic E-state index is -0.0454. The summed E-state index contributed by atoms with van der Waals surface area (Å²) in [7, 11) is 0. The smallest absolute Gasteiger partial charge is 0.116 e. The van der Waals surface area contributed by atoms with Crippen molar-refractivity contribution in [2.24, 2.45) is 0 Å². The predicted octanol–water partition coefficient (Wildman–Crippen LogP) is 1.93. The van der Waals surface area contributed by atoms with Crippen molar-refractivity contribution >= 4 is 11.4 Å². The number of nitrogens with two attached hydrogens (primary N) is 1. The van der Waals surface area contributed by atoms with Gasteiger partial charge in [0.15, 0.2) is 0 Å². The van der Waals surface area contributed by atoms with E-state index >= 15 is 0 Å². The van der Waals surface area contributed by atoms with Crippen molar-refractivity contribution in [2.75, 3.05) is 17.2 Å². The number of nitriles is 1. The molecule has 1 aliphatic rings. The number of rotatable bonds is 2. The van der Waals surface area contributed by atoms with E-state index in [1.54, 1.807) is 0 Å². The van der Waals surface area contributed by atoms with Gasteiger partial charge in [0.2, 0.25) is 0 Å². The lowest BCUT2D eigenvalue weighted by Crippen LogP contribution is -2.32. The van der Waals surface area contributed by atoms with Crippen LogP contribution in [-0.4, -0.2) is 12.6 Å². The molecule has 3 nitrogen and oxygen atoms in total. The second kappa shape index (κ2) is 3.82. The fourth-order valence-corrected chi connectivity index (χ4v) is 2.21. The monoisotopic (exact) mass is 201 g/mol. The van der Waals surface area contributed by atoms with Crippen LogP contribution in [0.15, 0.2) is 18.2 Å². The molecule has 0 spiro atoms. The molecule has 2 N–H and O–H groups in total. The van der Waals surface area contributed by atoms with Crippen molar-refractivity contribution in [1.29, 1.82) is 5.26 Å². The number of nitrogen functional groups attached to an aromatic ring is 1. The summed E-state index contributed by atoms with van der Waals surface area (Å²) in [5.41, 5.74) is 9.09. The van der Waals surface area contributed by atoms with Crippen LogP contribution in [-0.2, 0) is 6.42 Å². The lowest BCUT2D eigenvalue weighted by atomic mass is 10.1. The second-order valence-corrected chi connectivity index (χ2v) is 3.85. The van der Waals surface area contributed by atoms with Gasteiger partial charge in [-0.15, -0.1) is 0 Å². The van der Waals surface area contributed by atoms with Crippen molar-refractivity contribution in [3.05, 3.63) is 23.8 Å². The molecule has 78 valence electrons. The van der Waals surface area contributed by atoms with Crippen LogP contribution in [0.5, 0.6) is 0 Å². The van der Waals surface area contributed by atoms with E-state index in [-0.39, 0.29) is 6.04 Å². The summed E-state index contributed by atoms with van der Waals surface area (Å²) >= 11 is 0. The molecule has 0 saturated carbocycles. The topological polar surface area (TPSA) is 53.0 Å². The normalized spacial score (nSPS) is 15.9. The summed E-state index contributed by atoms with van der Waals surface area (Å²) < 4.78 is 0. The third-order valence-corrected chi connectivity index (χ3v) is 2.97. The number of fused-ring (bicyclic) bond motifs is 1. The summed E-state index contributed by atoms with van der Waals surface area (Å²) in [6.07, 6.45) is 1.84. The van der Waals surface area contributed by atoms with E-state index in [0.717, 1.165) is 30.8 Å². The molecule has 0 amide bonds. The molecule has 0 aliphatic carbocycles. The minimum absolute atomic E-state index is 0.0454. The van der Waals surface area contributed by atoms with E-state index in [2.05, 4.69) is 17.0 Å². The van der Waals surface area contributed by atoms with Gasteiger partial charge in [0.25, 0.3) is 0 Å². The molecule has 1 aliphatic heterocycles. The van der Waals surface area contributed by atoms with Gasteiger partial charge in [-0.25, -0.2) is 0 Å². The fraction of sp³-hybridized carbons (Fsp3) is 0.417. The summed E-state index contributed by atoms with van der Waals surface area (Å²) in [4.78, 5) is 2.13. The fourth-order valence-electron chi connectivity index (χ4n) is 2.21. The molecule has 3 heteroatoms. The van der Waals surface area contributed by atoms with Crippen LogP contribution in [0.1, 0.15) is 18.9 Å². The third-order valence-electron chi connectivity index (χ3n) is 2.97. The molecular formula is C12H15N3. The van der Waals surface area contributed by atoms with Crippen LogP contribution in [0.25, 0.3) is 0 Å². The predicted molar refractivity (Wildman–Crippen MR) is 61.6 cm³/mol. The van der Waals surface area contributed by atoms with Gasteiger partial charge in [-0.1, -0.05) is 19.1 Å². The number of benzene rings is 1.